The van der Waals surface area contributed by atoms with Gasteiger partial charge in [-0.1, -0.05) is 110 Å². The molecule has 0 bridgehead atoms. The Kier molecular flexibility index (Phi) is 9.27. The summed E-state index contributed by atoms with van der Waals surface area (Å²) in [6, 6.07) is 30.2. The van der Waals surface area contributed by atoms with Crippen molar-refractivity contribution in [3.63, 3.8) is 0 Å². The lowest BCUT2D eigenvalue weighted by atomic mass is 9.85. The molecular formula is C29H33NO2. The van der Waals surface area contributed by atoms with Gasteiger partial charge in [0.15, 0.2) is 0 Å². The van der Waals surface area contributed by atoms with Gasteiger partial charge in [-0.25, -0.2) is 0 Å². The van der Waals surface area contributed by atoms with Crippen molar-refractivity contribution in [2.24, 2.45) is 5.92 Å². The number of ether oxygens (including phenoxy) is 1. The highest BCUT2D eigenvalue weighted by Crippen LogP contribution is 2.27. The number of hydrogen-bond donors (Lipinski definition) is 1. The van der Waals surface area contributed by atoms with Gasteiger partial charge in [-0.3, -0.25) is 4.79 Å². The maximum absolute atomic E-state index is 13.3. The van der Waals surface area contributed by atoms with Crippen molar-refractivity contribution in [2.45, 2.75) is 38.8 Å². The van der Waals surface area contributed by atoms with Gasteiger partial charge in [-0.15, -0.1) is 0 Å². The van der Waals surface area contributed by atoms with Crippen LogP contribution in [0.1, 0.15) is 48.9 Å². The summed E-state index contributed by atoms with van der Waals surface area (Å²) in [7, 11) is 0. The van der Waals surface area contributed by atoms with E-state index in [0.29, 0.717) is 13.2 Å². The van der Waals surface area contributed by atoms with E-state index in [1.54, 1.807) is 0 Å². The largest absolute Gasteiger partial charge is 0.376 e. The third kappa shape index (κ3) is 7.21. The third-order valence-electron chi connectivity index (χ3n) is 5.61. The molecule has 3 rings (SSSR count). The molecule has 0 aliphatic rings. The number of allylic oxidation sites excluding steroid dienone is 1. The Hall–Kier alpha value is -3.17. The van der Waals surface area contributed by atoms with Crippen LogP contribution in [0.15, 0.2) is 103 Å². The lowest BCUT2D eigenvalue weighted by molar-refractivity contribution is -0.123. The van der Waals surface area contributed by atoms with Crippen LogP contribution >= 0.6 is 0 Å². The van der Waals surface area contributed by atoms with Crippen LogP contribution in [0.25, 0.3) is 0 Å². The summed E-state index contributed by atoms with van der Waals surface area (Å²) >= 11 is 0. The van der Waals surface area contributed by atoms with Crippen LogP contribution in [0.3, 0.4) is 0 Å². The molecule has 0 aliphatic carbocycles. The summed E-state index contributed by atoms with van der Waals surface area (Å²) in [5, 5.41) is 3.21. The second kappa shape index (κ2) is 12.6. The van der Waals surface area contributed by atoms with E-state index < -0.39 is 0 Å². The van der Waals surface area contributed by atoms with Crippen LogP contribution in [0.4, 0.5) is 0 Å². The van der Waals surface area contributed by atoms with Gasteiger partial charge in [-0.05, 0) is 36.0 Å². The number of rotatable bonds is 11. The second-order valence-electron chi connectivity index (χ2n) is 8.14. The third-order valence-corrected chi connectivity index (χ3v) is 5.61. The van der Waals surface area contributed by atoms with E-state index in [1.165, 1.54) is 5.56 Å². The fourth-order valence-electron chi connectivity index (χ4n) is 3.82. The predicted octanol–water partition coefficient (Wildman–Crippen LogP) is 6.45. The molecule has 3 nitrogen and oxygen atoms in total. The van der Waals surface area contributed by atoms with Crippen LogP contribution in [-0.4, -0.2) is 12.5 Å². The van der Waals surface area contributed by atoms with Crippen molar-refractivity contribution >= 4 is 5.91 Å². The quantitative estimate of drug-likeness (QED) is 0.282. The van der Waals surface area contributed by atoms with Crippen LogP contribution in [0, 0.1) is 5.92 Å². The zero-order valence-electron chi connectivity index (χ0n) is 19.0. The SMILES string of the molecule is C[C@H](/C=C/CCOCc1ccccc1)[C@@H](C(=O)N[C@H](C)c1ccccc1)c1ccccc1. The summed E-state index contributed by atoms with van der Waals surface area (Å²) < 4.78 is 5.77. The minimum atomic E-state index is -0.246. The Morgan fingerprint density at radius 3 is 2.03 bits per heavy atom. The van der Waals surface area contributed by atoms with E-state index in [4.69, 9.17) is 4.74 Å². The average Bonchev–Trinajstić information content (AvgIpc) is 2.83. The van der Waals surface area contributed by atoms with Gasteiger partial charge >= 0.3 is 0 Å². The lowest BCUT2D eigenvalue weighted by Crippen LogP contribution is -2.34. The molecule has 32 heavy (non-hydrogen) atoms. The molecule has 166 valence electrons. The number of carbonyl (C=O) groups excluding carboxylic acids is 1. The van der Waals surface area contributed by atoms with Gasteiger partial charge in [0.1, 0.15) is 0 Å². The zero-order chi connectivity index (χ0) is 22.6. The van der Waals surface area contributed by atoms with Crippen molar-refractivity contribution in [3.8, 4) is 0 Å². The van der Waals surface area contributed by atoms with Gasteiger partial charge < -0.3 is 10.1 Å². The first-order valence-corrected chi connectivity index (χ1v) is 11.3. The Labute approximate surface area is 192 Å². The summed E-state index contributed by atoms with van der Waals surface area (Å²) in [6.07, 6.45) is 5.08. The molecule has 3 aromatic carbocycles. The molecule has 0 aliphatic heterocycles. The van der Waals surface area contributed by atoms with Crippen molar-refractivity contribution in [1.29, 1.82) is 0 Å². The lowest BCUT2D eigenvalue weighted by Gasteiger charge is -2.24. The number of nitrogens with one attached hydrogen (secondary N) is 1. The highest BCUT2D eigenvalue weighted by atomic mass is 16.5. The van der Waals surface area contributed by atoms with Crippen molar-refractivity contribution in [1.82, 2.24) is 5.32 Å². The first kappa shape index (κ1) is 23.5. The summed E-state index contributed by atoms with van der Waals surface area (Å²) in [4.78, 5) is 13.3. The van der Waals surface area contributed by atoms with Crippen molar-refractivity contribution in [2.75, 3.05) is 6.61 Å². The van der Waals surface area contributed by atoms with E-state index in [0.717, 1.165) is 17.5 Å². The summed E-state index contributed by atoms with van der Waals surface area (Å²) in [6.45, 7) is 5.41. The smallest absolute Gasteiger partial charge is 0.228 e. The van der Waals surface area contributed by atoms with Crippen LogP contribution in [0.5, 0.6) is 0 Å². The average molecular weight is 428 g/mol. The number of carbonyl (C=O) groups is 1. The molecule has 0 unspecified atom stereocenters. The minimum Gasteiger partial charge on any atom is -0.376 e. The van der Waals surface area contributed by atoms with Crippen molar-refractivity contribution < 1.29 is 9.53 Å². The maximum Gasteiger partial charge on any atom is 0.228 e. The molecule has 3 heteroatoms. The molecule has 1 N–H and O–H groups in total. The first-order valence-electron chi connectivity index (χ1n) is 11.3. The van der Waals surface area contributed by atoms with Gasteiger partial charge in [0.25, 0.3) is 0 Å². The van der Waals surface area contributed by atoms with E-state index >= 15 is 0 Å². The minimum absolute atomic E-state index is 0.0440. The molecule has 0 radical (unpaired) electrons. The molecular weight excluding hydrogens is 394 g/mol. The van der Waals surface area contributed by atoms with Crippen LogP contribution in [-0.2, 0) is 16.1 Å². The number of hydrogen-bond acceptors (Lipinski definition) is 2. The summed E-state index contributed by atoms with van der Waals surface area (Å²) in [5.74, 6) is -0.136. The number of benzene rings is 3. The van der Waals surface area contributed by atoms with Gasteiger partial charge in [0.2, 0.25) is 5.91 Å². The van der Waals surface area contributed by atoms with Crippen LogP contribution < -0.4 is 5.32 Å². The van der Waals surface area contributed by atoms with Gasteiger partial charge in [0.05, 0.1) is 25.2 Å². The second-order valence-corrected chi connectivity index (χ2v) is 8.14. The van der Waals surface area contributed by atoms with E-state index in [-0.39, 0.29) is 23.8 Å². The molecule has 0 saturated carbocycles. The van der Waals surface area contributed by atoms with Gasteiger partial charge in [0, 0.05) is 0 Å². The molecule has 3 atom stereocenters. The zero-order valence-corrected chi connectivity index (χ0v) is 19.0. The Bertz CT molecular complexity index is 954. The van der Waals surface area contributed by atoms with E-state index in [2.05, 4.69) is 36.5 Å². The Morgan fingerprint density at radius 2 is 1.41 bits per heavy atom. The molecule has 0 saturated heterocycles. The van der Waals surface area contributed by atoms with E-state index in [1.807, 2.05) is 85.8 Å². The molecule has 0 spiro atoms. The fraction of sp³-hybridized carbons (Fsp3) is 0.276. The number of amides is 1. The van der Waals surface area contributed by atoms with Crippen molar-refractivity contribution in [3.05, 3.63) is 120 Å². The maximum atomic E-state index is 13.3. The van der Waals surface area contributed by atoms with Gasteiger partial charge in [-0.2, -0.15) is 0 Å². The molecule has 0 heterocycles. The van der Waals surface area contributed by atoms with E-state index in [9.17, 15) is 4.79 Å². The Morgan fingerprint density at radius 1 is 0.844 bits per heavy atom. The normalized spacial score (nSPS) is 14.1. The first-order chi connectivity index (χ1) is 15.6. The monoisotopic (exact) mass is 427 g/mol. The molecule has 3 aromatic rings. The fourth-order valence-corrected chi connectivity index (χ4v) is 3.82. The highest BCUT2D eigenvalue weighted by molar-refractivity contribution is 5.84. The molecule has 1 amide bonds. The molecule has 0 aromatic heterocycles. The standard InChI is InChI=1S/C29H33NO2/c1-23(14-12-13-21-32-22-25-15-6-3-7-16-25)28(27-19-10-5-11-20-27)29(31)30-24(2)26-17-8-4-9-18-26/h3-12,14-20,23-24,28H,13,21-22H2,1-2H3,(H,30,31)/b14-12+/t23-,24-,28-/m1/s1. The Balaban J connectivity index is 1.58. The molecule has 0 fully saturated rings. The summed E-state index contributed by atoms with van der Waals surface area (Å²) in [5.41, 5.74) is 3.31. The predicted molar refractivity (Wildman–Crippen MR) is 131 cm³/mol. The van der Waals surface area contributed by atoms with Crippen LogP contribution in [0.2, 0.25) is 0 Å². The highest BCUT2D eigenvalue weighted by Gasteiger charge is 2.26. The topological polar surface area (TPSA) is 38.3 Å².